The molecule has 4 nitrogen and oxygen atoms in total. The van der Waals surface area contributed by atoms with E-state index in [4.69, 9.17) is 0 Å². The Kier molecular flexibility index (Phi) is 3.09. The Hall–Kier alpha value is -2.82. The number of carbonyl (C=O) groups is 1. The molecule has 3 aromatic rings. The van der Waals surface area contributed by atoms with E-state index in [1.54, 1.807) is 30.7 Å². The summed E-state index contributed by atoms with van der Waals surface area (Å²) in [5.74, 6) is -0.289. The van der Waals surface area contributed by atoms with Gasteiger partial charge in [-0.1, -0.05) is 12.1 Å². The quantitative estimate of drug-likeness (QED) is 0.742. The van der Waals surface area contributed by atoms with Crippen LogP contribution in [0.4, 0.5) is 10.1 Å². The first-order valence-electron chi connectivity index (χ1n) is 5.98. The number of pyridine rings is 2. The minimum Gasteiger partial charge on any atom is -0.327 e. The number of nitrogens with one attached hydrogen (secondary N) is 1. The molecule has 20 heavy (non-hydrogen) atoms. The molecule has 0 saturated heterocycles. The fourth-order valence-electron chi connectivity index (χ4n) is 2.05. The van der Waals surface area contributed by atoms with Gasteiger partial charge >= 0.3 is 0 Å². The number of amides is 1. The second kappa shape index (κ2) is 5.05. The molecule has 0 saturated carbocycles. The van der Waals surface area contributed by atoms with Crippen molar-refractivity contribution in [1.29, 1.82) is 0 Å². The van der Waals surface area contributed by atoms with Crippen molar-refractivity contribution in [1.82, 2.24) is 9.97 Å². The molecule has 3 rings (SSSR count). The summed E-state index contributed by atoms with van der Waals surface area (Å²) in [5, 5.41) is 3.41. The average Bonchev–Trinajstić information content (AvgIpc) is 2.48. The highest BCUT2D eigenvalue weighted by Crippen LogP contribution is 2.28. The van der Waals surface area contributed by atoms with Crippen LogP contribution in [0.25, 0.3) is 22.0 Å². The van der Waals surface area contributed by atoms with Crippen LogP contribution >= 0.6 is 0 Å². The van der Waals surface area contributed by atoms with Gasteiger partial charge in [0.2, 0.25) is 6.41 Å². The van der Waals surface area contributed by atoms with Crippen molar-refractivity contribution in [3.05, 3.63) is 54.7 Å². The normalized spacial score (nSPS) is 10.4. The maximum Gasteiger partial charge on any atom is 0.211 e. The molecule has 0 atom stereocenters. The third-order valence-electron chi connectivity index (χ3n) is 2.99. The fraction of sp³-hybridized carbons (Fsp3) is 0. The Morgan fingerprint density at radius 2 is 1.90 bits per heavy atom. The van der Waals surface area contributed by atoms with Gasteiger partial charge < -0.3 is 5.32 Å². The lowest BCUT2D eigenvalue weighted by molar-refractivity contribution is -0.105. The maximum absolute atomic E-state index is 13.0. The highest BCUT2D eigenvalue weighted by molar-refractivity contribution is 5.96. The second-order valence-corrected chi connectivity index (χ2v) is 4.25. The van der Waals surface area contributed by atoms with Crippen LogP contribution in [0.1, 0.15) is 0 Å². The van der Waals surface area contributed by atoms with Gasteiger partial charge in [0.1, 0.15) is 5.82 Å². The Morgan fingerprint density at radius 1 is 1.10 bits per heavy atom. The van der Waals surface area contributed by atoms with Crippen molar-refractivity contribution >= 4 is 23.0 Å². The highest BCUT2D eigenvalue weighted by atomic mass is 19.1. The number of carbonyl (C=O) groups excluding carboxylic acids is 1. The monoisotopic (exact) mass is 267 g/mol. The Labute approximate surface area is 114 Å². The van der Waals surface area contributed by atoms with E-state index in [1.165, 1.54) is 12.1 Å². The van der Waals surface area contributed by atoms with Gasteiger partial charge in [-0.15, -0.1) is 0 Å². The van der Waals surface area contributed by atoms with Crippen molar-refractivity contribution < 1.29 is 9.18 Å². The number of hydrogen-bond donors (Lipinski definition) is 1. The summed E-state index contributed by atoms with van der Waals surface area (Å²) in [4.78, 5) is 18.9. The van der Waals surface area contributed by atoms with Gasteiger partial charge in [-0.3, -0.25) is 14.8 Å². The van der Waals surface area contributed by atoms with E-state index in [0.717, 1.165) is 16.5 Å². The second-order valence-electron chi connectivity index (χ2n) is 4.25. The summed E-state index contributed by atoms with van der Waals surface area (Å²) >= 11 is 0. The summed E-state index contributed by atoms with van der Waals surface area (Å²) < 4.78 is 13.0. The van der Waals surface area contributed by atoms with Crippen molar-refractivity contribution in [3.63, 3.8) is 0 Å². The van der Waals surface area contributed by atoms with Gasteiger partial charge in [0.05, 0.1) is 23.6 Å². The largest absolute Gasteiger partial charge is 0.327 e. The van der Waals surface area contributed by atoms with E-state index in [2.05, 4.69) is 15.3 Å². The molecule has 0 fully saturated rings. The summed E-state index contributed by atoms with van der Waals surface area (Å²) in [6.07, 6.45) is 5.50. The van der Waals surface area contributed by atoms with Gasteiger partial charge in [0.15, 0.2) is 0 Å². The molecule has 0 aliphatic rings. The number of rotatable bonds is 3. The zero-order valence-electron chi connectivity index (χ0n) is 10.4. The first kappa shape index (κ1) is 12.2. The summed E-state index contributed by atoms with van der Waals surface area (Å²) in [7, 11) is 0. The van der Waals surface area contributed by atoms with Crippen LogP contribution in [0, 0.1) is 5.82 Å². The molecular weight excluding hydrogens is 257 g/mol. The standard InChI is InChI=1S/C15H10FN3O/c16-11-3-1-10(2-4-11)14-7-17-8-15-13(14)5-12(6-18-15)19-9-20/h1-9H,(H,19,20). The van der Waals surface area contributed by atoms with Gasteiger partial charge in [-0.25, -0.2) is 4.39 Å². The van der Waals surface area contributed by atoms with Crippen molar-refractivity contribution in [2.75, 3.05) is 5.32 Å². The fourth-order valence-corrected chi connectivity index (χ4v) is 2.05. The van der Waals surface area contributed by atoms with E-state index in [9.17, 15) is 9.18 Å². The molecule has 0 bridgehead atoms. The predicted molar refractivity (Wildman–Crippen MR) is 74.6 cm³/mol. The number of halogens is 1. The summed E-state index contributed by atoms with van der Waals surface area (Å²) in [6, 6.07) is 7.98. The van der Waals surface area contributed by atoms with Gasteiger partial charge in [-0.05, 0) is 23.8 Å². The molecular formula is C15H10FN3O. The van der Waals surface area contributed by atoms with E-state index < -0.39 is 0 Å². The molecule has 98 valence electrons. The first-order valence-corrected chi connectivity index (χ1v) is 5.98. The van der Waals surface area contributed by atoms with E-state index in [0.29, 0.717) is 17.6 Å². The number of benzene rings is 1. The number of aromatic nitrogens is 2. The van der Waals surface area contributed by atoms with Gasteiger partial charge in [-0.2, -0.15) is 0 Å². The van der Waals surface area contributed by atoms with Crippen LogP contribution in [-0.2, 0) is 4.79 Å². The van der Waals surface area contributed by atoms with Crippen molar-refractivity contribution in [2.45, 2.75) is 0 Å². The van der Waals surface area contributed by atoms with E-state index in [1.807, 2.05) is 6.07 Å². The molecule has 0 spiro atoms. The molecule has 2 aromatic heterocycles. The topological polar surface area (TPSA) is 54.9 Å². The molecule has 5 heteroatoms. The summed E-state index contributed by atoms with van der Waals surface area (Å²) in [5.41, 5.74) is 2.99. The highest BCUT2D eigenvalue weighted by Gasteiger charge is 2.06. The van der Waals surface area contributed by atoms with Crippen molar-refractivity contribution in [2.24, 2.45) is 0 Å². The Morgan fingerprint density at radius 3 is 2.65 bits per heavy atom. The average molecular weight is 267 g/mol. The maximum atomic E-state index is 13.0. The smallest absolute Gasteiger partial charge is 0.211 e. The first-order chi connectivity index (χ1) is 9.78. The van der Waals surface area contributed by atoms with Gasteiger partial charge in [0, 0.05) is 17.1 Å². The molecule has 0 aliphatic carbocycles. The Bertz CT molecular complexity index is 772. The zero-order valence-corrected chi connectivity index (χ0v) is 10.4. The molecule has 1 aromatic carbocycles. The van der Waals surface area contributed by atoms with Crippen LogP contribution in [0.3, 0.4) is 0 Å². The lowest BCUT2D eigenvalue weighted by Crippen LogP contribution is -1.95. The Balaban J connectivity index is 2.21. The molecule has 1 N–H and O–H groups in total. The van der Waals surface area contributed by atoms with Gasteiger partial charge in [0.25, 0.3) is 0 Å². The number of nitrogens with zero attached hydrogens (tertiary/aromatic N) is 2. The third kappa shape index (κ3) is 2.21. The summed E-state index contributed by atoms with van der Waals surface area (Å²) in [6.45, 7) is 0. The number of fused-ring (bicyclic) bond motifs is 1. The molecule has 0 unspecified atom stereocenters. The minimum absolute atomic E-state index is 0.289. The van der Waals surface area contributed by atoms with Crippen LogP contribution in [0.2, 0.25) is 0 Å². The minimum atomic E-state index is -0.289. The van der Waals surface area contributed by atoms with E-state index in [-0.39, 0.29) is 5.82 Å². The molecule has 2 heterocycles. The predicted octanol–water partition coefficient (Wildman–Crippen LogP) is 3.00. The number of anilines is 1. The van der Waals surface area contributed by atoms with Crippen molar-refractivity contribution in [3.8, 4) is 11.1 Å². The molecule has 1 amide bonds. The zero-order chi connectivity index (χ0) is 13.9. The SMILES string of the molecule is O=CNc1cnc2cncc(-c3ccc(F)cc3)c2c1. The van der Waals surface area contributed by atoms with Crippen LogP contribution < -0.4 is 5.32 Å². The molecule has 0 aliphatic heterocycles. The van der Waals surface area contributed by atoms with Crippen LogP contribution in [0.5, 0.6) is 0 Å². The van der Waals surface area contributed by atoms with E-state index >= 15 is 0 Å². The number of hydrogen-bond acceptors (Lipinski definition) is 3. The lowest BCUT2D eigenvalue weighted by Gasteiger charge is -2.07. The molecule has 0 radical (unpaired) electrons. The van der Waals surface area contributed by atoms with Crippen LogP contribution in [-0.4, -0.2) is 16.4 Å². The lowest BCUT2D eigenvalue weighted by atomic mass is 10.0. The van der Waals surface area contributed by atoms with Crippen LogP contribution in [0.15, 0.2) is 48.9 Å². The third-order valence-corrected chi connectivity index (χ3v) is 2.99.